The number of carbonyl (C=O) groups is 1. The highest BCUT2D eigenvalue weighted by molar-refractivity contribution is 5.77. The number of esters is 1. The van der Waals surface area contributed by atoms with Crippen molar-refractivity contribution in [2.24, 2.45) is 17.8 Å². The van der Waals surface area contributed by atoms with Gasteiger partial charge in [0.25, 0.3) is 0 Å². The highest BCUT2D eigenvalue weighted by Gasteiger charge is 2.46. The van der Waals surface area contributed by atoms with E-state index in [-0.39, 0.29) is 35.6 Å². The number of allylic oxidation sites excluding steroid dienone is 1. The van der Waals surface area contributed by atoms with Crippen molar-refractivity contribution < 1.29 is 14.4 Å². The minimum Gasteiger partial charge on any atom is -0.461 e. The maximum Gasteiger partial charge on any atom is 0.326 e. The topological polar surface area (TPSA) is 47.6 Å². The lowest BCUT2D eigenvalue weighted by Gasteiger charge is -2.44. The predicted octanol–water partition coefficient (Wildman–Crippen LogP) is 4.16. The summed E-state index contributed by atoms with van der Waals surface area (Å²) in [6.45, 7) is 6.84. The molecule has 0 radical (unpaired) electrons. The fourth-order valence-electron chi connectivity index (χ4n) is 5.15. The zero-order chi connectivity index (χ0) is 19.0. The highest BCUT2D eigenvalue weighted by Crippen LogP contribution is 2.44. The van der Waals surface area contributed by atoms with Crippen molar-refractivity contribution in [1.82, 2.24) is 5.48 Å². The molecule has 146 valence electrons. The number of fused-ring (bicyclic) bond motifs is 1. The minimum absolute atomic E-state index is 0.00406. The average molecular weight is 370 g/mol. The number of hydrogen-bond donors (Lipinski definition) is 1. The second kappa shape index (κ2) is 7.40. The van der Waals surface area contributed by atoms with Gasteiger partial charge in [0.05, 0.1) is 0 Å². The van der Waals surface area contributed by atoms with Crippen molar-refractivity contribution in [2.75, 3.05) is 0 Å². The van der Waals surface area contributed by atoms with Gasteiger partial charge in [-0.15, -0.1) is 0 Å². The van der Waals surface area contributed by atoms with Crippen LogP contribution in [0.2, 0.25) is 0 Å². The summed E-state index contributed by atoms with van der Waals surface area (Å²) in [5, 5.41) is 0. The van der Waals surface area contributed by atoms with Gasteiger partial charge in [-0.05, 0) is 36.2 Å². The van der Waals surface area contributed by atoms with Gasteiger partial charge < -0.3 is 4.74 Å². The van der Waals surface area contributed by atoms with Gasteiger partial charge in [0.1, 0.15) is 18.2 Å². The summed E-state index contributed by atoms with van der Waals surface area (Å²) in [4.78, 5) is 18.5. The van der Waals surface area contributed by atoms with Crippen LogP contribution in [0, 0.1) is 17.8 Å². The van der Waals surface area contributed by atoms with Gasteiger partial charge in [-0.2, -0.15) is 5.48 Å². The van der Waals surface area contributed by atoms with E-state index in [4.69, 9.17) is 9.57 Å². The molecule has 1 aromatic carbocycles. The largest absolute Gasteiger partial charge is 0.461 e. The summed E-state index contributed by atoms with van der Waals surface area (Å²) in [6, 6.07) is 10.3. The van der Waals surface area contributed by atoms with Gasteiger partial charge in [-0.1, -0.05) is 69.7 Å². The van der Waals surface area contributed by atoms with Crippen molar-refractivity contribution >= 4 is 5.97 Å². The fraction of sp³-hybridized carbons (Fsp3) is 0.609. The van der Waals surface area contributed by atoms with Crippen molar-refractivity contribution in [3.63, 3.8) is 0 Å². The Morgan fingerprint density at radius 1 is 1.22 bits per heavy atom. The summed E-state index contributed by atoms with van der Waals surface area (Å²) in [5.41, 5.74) is 4.19. The molecule has 1 aromatic rings. The van der Waals surface area contributed by atoms with Crippen LogP contribution in [0.15, 0.2) is 42.5 Å². The molecule has 4 rings (SSSR count). The van der Waals surface area contributed by atoms with Crippen molar-refractivity contribution in [3.8, 4) is 0 Å². The number of carbonyl (C=O) groups excluding carboxylic acids is 1. The average Bonchev–Trinajstić information content (AvgIpc) is 3.25. The van der Waals surface area contributed by atoms with E-state index in [1.807, 2.05) is 6.08 Å². The summed E-state index contributed by atoms with van der Waals surface area (Å²) >= 11 is 0. The molecule has 0 aromatic heterocycles. The number of hydrogen-bond acceptors (Lipinski definition) is 4. The van der Waals surface area contributed by atoms with Gasteiger partial charge in [0.2, 0.25) is 0 Å². The van der Waals surface area contributed by atoms with E-state index in [1.165, 1.54) is 12.0 Å². The first-order valence-electron chi connectivity index (χ1n) is 10.3. The smallest absolute Gasteiger partial charge is 0.326 e. The molecule has 2 fully saturated rings. The summed E-state index contributed by atoms with van der Waals surface area (Å²) in [7, 11) is 0. The second-order valence-corrected chi connectivity index (χ2v) is 9.09. The summed E-state index contributed by atoms with van der Waals surface area (Å²) < 4.78 is 6.17. The maximum atomic E-state index is 13.0. The van der Waals surface area contributed by atoms with E-state index in [9.17, 15) is 4.79 Å². The maximum absolute atomic E-state index is 13.0. The zero-order valence-electron chi connectivity index (χ0n) is 16.6. The van der Waals surface area contributed by atoms with E-state index in [0.29, 0.717) is 11.8 Å². The molecule has 2 aliphatic carbocycles. The molecule has 27 heavy (non-hydrogen) atoms. The molecule has 1 N–H and O–H groups in total. The van der Waals surface area contributed by atoms with Crippen molar-refractivity contribution in [2.45, 2.75) is 70.1 Å². The molecular formula is C23H31NO3. The minimum atomic E-state index is -0.359. The van der Waals surface area contributed by atoms with E-state index in [2.05, 4.69) is 62.7 Å². The first kappa shape index (κ1) is 18.7. The van der Waals surface area contributed by atoms with Gasteiger partial charge in [0.15, 0.2) is 0 Å². The lowest BCUT2D eigenvalue weighted by molar-refractivity contribution is -0.161. The normalized spacial score (nSPS) is 35.8. The lowest BCUT2D eigenvalue weighted by Crippen LogP contribution is -2.46. The van der Waals surface area contributed by atoms with Gasteiger partial charge in [-0.25, -0.2) is 0 Å². The quantitative estimate of drug-likeness (QED) is 0.639. The Labute approximate surface area is 162 Å². The van der Waals surface area contributed by atoms with E-state index < -0.39 is 0 Å². The van der Waals surface area contributed by atoms with Crippen LogP contribution in [0.5, 0.6) is 0 Å². The Bertz CT molecular complexity index is 699. The summed E-state index contributed by atoms with van der Waals surface area (Å²) in [6.07, 6.45) is 8.17. The van der Waals surface area contributed by atoms with Crippen molar-refractivity contribution in [3.05, 3.63) is 48.0 Å². The number of hydroxylamine groups is 1. The molecule has 1 heterocycles. The molecule has 1 saturated heterocycles. The van der Waals surface area contributed by atoms with Crippen LogP contribution in [-0.4, -0.2) is 24.2 Å². The number of nitrogens with one attached hydrogen (secondary N) is 1. The monoisotopic (exact) mass is 369 g/mol. The third-order valence-electron chi connectivity index (χ3n) is 6.94. The Kier molecular flexibility index (Phi) is 5.13. The molecule has 1 aliphatic heterocycles. The zero-order valence-corrected chi connectivity index (χ0v) is 16.6. The molecule has 6 atom stereocenters. The van der Waals surface area contributed by atoms with Crippen LogP contribution in [0.1, 0.15) is 52.0 Å². The molecular weight excluding hydrogens is 338 g/mol. The first-order chi connectivity index (χ1) is 13.0. The van der Waals surface area contributed by atoms with Crippen LogP contribution < -0.4 is 5.48 Å². The number of benzene rings is 1. The molecule has 0 bridgehead atoms. The van der Waals surface area contributed by atoms with Gasteiger partial charge >= 0.3 is 5.97 Å². The van der Waals surface area contributed by atoms with Crippen LogP contribution >= 0.6 is 0 Å². The van der Waals surface area contributed by atoms with Gasteiger partial charge in [-0.3, -0.25) is 9.63 Å². The Hall–Kier alpha value is -1.65. The summed E-state index contributed by atoms with van der Waals surface area (Å²) in [5.74, 6) is 0.914. The Morgan fingerprint density at radius 2 is 2.00 bits per heavy atom. The van der Waals surface area contributed by atoms with Crippen LogP contribution in [0.25, 0.3) is 0 Å². The predicted molar refractivity (Wildman–Crippen MR) is 105 cm³/mol. The van der Waals surface area contributed by atoms with Crippen LogP contribution in [-0.2, 0) is 19.8 Å². The van der Waals surface area contributed by atoms with Crippen LogP contribution in [0.3, 0.4) is 0 Å². The molecule has 0 unspecified atom stereocenters. The third kappa shape index (κ3) is 3.57. The highest BCUT2D eigenvalue weighted by atomic mass is 16.7. The van der Waals surface area contributed by atoms with E-state index in [0.717, 1.165) is 19.3 Å². The Morgan fingerprint density at radius 3 is 2.78 bits per heavy atom. The van der Waals surface area contributed by atoms with E-state index in [1.54, 1.807) is 0 Å². The molecule has 0 spiro atoms. The molecule has 1 saturated carbocycles. The number of rotatable bonds is 4. The molecule has 4 heteroatoms. The molecule has 0 amide bonds. The fourth-order valence-corrected chi connectivity index (χ4v) is 5.15. The lowest BCUT2D eigenvalue weighted by atomic mass is 9.64. The SMILES string of the molecule is C[C@@H]1CC[C@@H](C(C)(C)c2ccccc2)[C@@H](OC(=O)[C@H]2NO[C@H]3C=CC[C@H]32)C1. The Balaban J connectivity index is 1.51. The van der Waals surface area contributed by atoms with Crippen LogP contribution in [0.4, 0.5) is 0 Å². The molecule has 4 nitrogen and oxygen atoms in total. The van der Waals surface area contributed by atoms with E-state index >= 15 is 0 Å². The first-order valence-corrected chi connectivity index (χ1v) is 10.3. The molecule has 3 aliphatic rings. The second-order valence-electron chi connectivity index (χ2n) is 9.09. The number of ether oxygens (including phenoxy) is 1. The van der Waals surface area contributed by atoms with Crippen molar-refractivity contribution in [1.29, 1.82) is 0 Å². The third-order valence-corrected chi connectivity index (χ3v) is 6.94. The standard InChI is InChI=1S/C23H31NO3/c1-15-12-13-18(23(2,3)16-8-5-4-6-9-16)20(14-15)26-22(25)21-17-10-7-11-19(17)27-24-21/h4-9,11,15,17-21,24H,10,12-14H2,1-3H3/t15-,17-,18-,19+,20+,21+/m1/s1. The van der Waals surface area contributed by atoms with Gasteiger partial charge in [0, 0.05) is 11.8 Å².